The second kappa shape index (κ2) is 14.1. The fourth-order valence-electron chi connectivity index (χ4n) is 2.96. The maximum atomic E-state index is 13.0. The van der Waals surface area contributed by atoms with Crippen molar-refractivity contribution in [2.75, 3.05) is 31.4 Å². The molecule has 0 saturated carbocycles. The molecule has 3 aromatic rings. The molecule has 0 aliphatic rings. The van der Waals surface area contributed by atoms with Crippen LogP contribution in [0.5, 0.6) is 11.5 Å². The lowest BCUT2D eigenvalue weighted by atomic mass is 10.2. The monoisotopic (exact) mass is 586 g/mol. The summed E-state index contributed by atoms with van der Waals surface area (Å²) in [7, 11) is -2.25. The predicted octanol–water partition coefficient (Wildman–Crippen LogP) is 4.07. The van der Waals surface area contributed by atoms with Crippen LogP contribution < -0.4 is 25.4 Å². The Hall–Kier alpha value is -3.02. The average molecular weight is 588 g/mol. The number of nitrogens with one attached hydrogen (secondary N) is 4. The second-order valence-corrected chi connectivity index (χ2v) is 9.97. The minimum atomic E-state index is -4.01. The number of para-hydroxylation sites is 2. The summed E-state index contributed by atoms with van der Waals surface area (Å²) < 4.78 is 34.2. The standard InChI is InChI=1S/C24H24Cl2N4O5S.ClH/c1-27-12-13-28-23(31)15-29-24(32)16-6-9-18(10-7-16)36(33,34)30-20-4-2-3-5-22(20)35-21-11-8-17(25)14-19(21)26;/h2-11,14,27,30H,12-13,15H2,1H3,(H,28,31)(H,29,32);1H. The summed E-state index contributed by atoms with van der Waals surface area (Å²) in [6.07, 6.45) is 0. The Kier molecular flexibility index (Phi) is 11.5. The van der Waals surface area contributed by atoms with Crippen LogP contribution >= 0.6 is 35.6 Å². The van der Waals surface area contributed by atoms with E-state index < -0.39 is 15.9 Å². The lowest BCUT2D eigenvalue weighted by molar-refractivity contribution is -0.120. The van der Waals surface area contributed by atoms with Crippen LogP contribution in [0.2, 0.25) is 10.0 Å². The van der Waals surface area contributed by atoms with E-state index in [1.54, 1.807) is 43.4 Å². The van der Waals surface area contributed by atoms with E-state index in [1.807, 2.05) is 0 Å². The molecule has 198 valence electrons. The Bertz CT molecular complexity index is 1340. The van der Waals surface area contributed by atoms with Gasteiger partial charge in [0, 0.05) is 23.7 Å². The van der Waals surface area contributed by atoms with Gasteiger partial charge in [0.1, 0.15) is 5.75 Å². The van der Waals surface area contributed by atoms with Crippen molar-refractivity contribution in [2.45, 2.75) is 4.90 Å². The molecule has 4 N–H and O–H groups in total. The van der Waals surface area contributed by atoms with Gasteiger partial charge in [0.2, 0.25) is 5.91 Å². The van der Waals surface area contributed by atoms with Gasteiger partial charge in [0.05, 0.1) is 22.2 Å². The van der Waals surface area contributed by atoms with Crippen LogP contribution in [0.1, 0.15) is 10.4 Å². The van der Waals surface area contributed by atoms with Gasteiger partial charge in [-0.15, -0.1) is 12.4 Å². The Morgan fingerprint density at radius 1 is 0.892 bits per heavy atom. The number of carbonyl (C=O) groups is 2. The number of sulfonamides is 1. The number of halogens is 3. The second-order valence-electron chi connectivity index (χ2n) is 7.44. The van der Waals surface area contributed by atoms with Crippen molar-refractivity contribution in [1.29, 1.82) is 0 Å². The van der Waals surface area contributed by atoms with Crippen molar-refractivity contribution in [3.63, 3.8) is 0 Å². The van der Waals surface area contributed by atoms with E-state index in [1.165, 1.54) is 30.3 Å². The molecular weight excluding hydrogens is 563 g/mol. The van der Waals surface area contributed by atoms with Gasteiger partial charge in [-0.1, -0.05) is 35.3 Å². The van der Waals surface area contributed by atoms with Gasteiger partial charge in [0.15, 0.2) is 5.75 Å². The molecule has 0 fully saturated rings. The van der Waals surface area contributed by atoms with Gasteiger partial charge in [-0.2, -0.15) is 0 Å². The molecule has 37 heavy (non-hydrogen) atoms. The number of rotatable bonds is 11. The van der Waals surface area contributed by atoms with Crippen LogP contribution in [0.15, 0.2) is 71.6 Å². The molecule has 0 bridgehead atoms. The molecule has 9 nitrogen and oxygen atoms in total. The number of carbonyl (C=O) groups excluding carboxylic acids is 2. The Balaban J connectivity index is 0.00000481. The molecule has 3 aromatic carbocycles. The van der Waals surface area contributed by atoms with E-state index in [0.717, 1.165) is 0 Å². The minimum Gasteiger partial charge on any atom is -0.454 e. The van der Waals surface area contributed by atoms with Crippen molar-refractivity contribution < 1.29 is 22.7 Å². The zero-order chi connectivity index (χ0) is 26.1. The topological polar surface area (TPSA) is 126 Å². The van der Waals surface area contributed by atoms with Crippen LogP contribution in [0, 0.1) is 0 Å². The van der Waals surface area contributed by atoms with E-state index in [-0.39, 0.29) is 51.8 Å². The van der Waals surface area contributed by atoms with Gasteiger partial charge < -0.3 is 20.7 Å². The van der Waals surface area contributed by atoms with Crippen LogP contribution in [-0.4, -0.2) is 46.9 Å². The first-order valence-electron chi connectivity index (χ1n) is 10.7. The molecule has 0 aliphatic heterocycles. The van der Waals surface area contributed by atoms with Gasteiger partial charge in [-0.3, -0.25) is 14.3 Å². The molecule has 0 aromatic heterocycles. The molecule has 2 amide bonds. The third-order valence-electron chi connectivity index (χ3n) is 4.78. The first kappa shape index (κ1) is 30.2. The highest BCUT2D eigenvalue weighted by Gasteiger charge is 2.18. The van der Waals surface area contributed by atoms with Crippen molar-refractivity contribution in [1.82, 2.24) is 16.0 Å². The highest BCUT2D eigenvalue weighted by atomic mass is 35.5. The molecule has 3 rings (SSSR count). The lowest BCUT2D eigenvalue weighted by Crippen LogP contribution is -2.39. The number of anilines is 1. The van der Waals surface area contributed by atoms with E-state index in [9.17, 15) is 18.0 Å². The van der Waals surface area contributed by atoms with E-state index in [4.69, 9.17) is 27.9 Å². The Morgan fingerprint density at radius 3 is 2.27 bits per heavy atom. The normalized spacial score (nSPS) is 10.7. The fourth-order valence-corrected chi connectivity index (χ4v) is 4.48. The zero-order valence-electron chi connectivity index (χ0n) is 19.6. The highest BCUT2D eigenvalue weighted by molar-refractivity contribution is 7.92. The minimum absolute atomic E-state index is 0. The van der Waals surface area contributed by atoms with Crippen LogP contribution in [0.4, 0.5) is 5.69 Å². The smallest absolute Gasteiger partial charge is 0.262 e. The van der Waals surface area contributed by atoms with Crippen molar-refractivity contribution in [3.05, 3.63) is 82.3 Å². The zero-order valence-corrected chi connectivity index (χ0v) is 22.7. The van der Waals surface area contributed by atoms with Crippen molar-refractivity contribution >= 4 is 63.1 Å². The van der Waals surface area contributed by atoms with Gasteiger partial charge in [0.25, 0.3) is 15.9 Å². The van der Waals surface area contributed by atoms with Gasteiger partial charge in [-0.05, 0) is 61.6 Å². The molecular formula is C24H25Cl3N4O5S. The maximum Gasteiger partial charge on any atom is 0.262 e. The first-order chi connectivity index (χ1) is 17.2. The number of likely N-dealkylation sites (N-methyl/N-ethyl adjacent to an activating group) is 1. The highest BCUT2D eigenvalue weighted by Crippen LogP contribution is 2.35. The van der Waals surface area contributed by atoms with Crippen molar-refractivity contribution in [2.24, 2.45) is 0 Å². The van der Waals surface area contributed by atoms with Crippen molar-refractivity contribution in [3.8, 4) is 11.5 Å². The van der Waals surface area contributed by atoms with E-state index in [0.29, 0.717) is 23.9 Å². The maximum absolute atomic E-state index is 13.0. The number of amides is 2. The van der Waals surface area contributed by atoms with E-state index in [2.05, 4.69) is 20.7 Å². The lowest BCUT2D eigenvalue weighted by Gasteiger charge is -2.14. The summed E-state index contributed by atoms with van der Waals surface area (Å²) in [6, 6.07) is 16.5. The molecule has 13 heteroatoms. The molecule has 0 heterocycles. The largest absolute Gasteiger partial charge is 0.454 e. The number of hydrogen-bond donors (Lipinski definition) is 4. The fraction of sp³-hybridized carbons (Fsp3) is 0.167. The number of hydrogen-bond acceptors (Lipinski definition) is 6. The summed E-state index contributed by atoms with van der Waals surface area (Å²) >= 11 is 12.1. The molecule has 0 unspecified atom stereocenters. The van der Waals surface area contributed by atoms with Crippen LogP contribution in [0.25, 0.3) is 0 Å². The molecule has 0 aliphatic carbocycles. The third kappa shape index (κ3) is 8.80. The summed E-state index contributed by atoms with van der Waals surface area (Å²) in [5.41, 5.74) is 0.396. The van der Waals surface area contributed by atoms with Crippen LogP contribution in [0.3, 0.4) is 0 Å². The molecule has 0 spiro atoms. The predicted molar refractivity (Wildman–Crippen MR) is 147 cm³/mol. The number of benzene rings is 3. The SMILES string of the molecule is CNCCNC(=O)CNC(=O)c1ccc(S(=O)(=O)Nc2ccccc2Oc2ccc(Cl)cc2Cl)cc1.Cl. The summed E-state index contributed by atoms with van der Waals surface area (Å²) in [5, 5.41) is 8.73. The van der Waals surface area contributed by atoms with Gasteiger partial charge in [-0.25, -0.2) is 8.42 Å². The van der Waals surface area contributed by atoms with E-state index >= 15 is 0 Å². The summed E-state index contributed by atoms with van der Waals surface area (Å²) in [6.45, 7) is 0.847. The Labute approximate surface area is 231 Å². The molecule has 0 saturated heterocycles. The number of ether oxygens (including phenoxy) is 1. The average Bonchev–Trinajstić information content (AvgIpc) is 2.85. The first-order valence-corrected chi connectivity index (χ1v) is 13.0. The van der Waals surface area contributed by atoms with Crippen LogP contribution in [-0.2, 0) is 14.8 Å². The quantitative estimate of drug-likeness (QED) is 0.251. The molecule has 0 radical (unpaired) electrons. The van der Waals surface area contributed by atoms with Gasteiger partial charge >= 0.3 is 0 Å². The Morgan fingerprint density at radius 2 is 1.59 bits per heavy atom. The summed E-state index contributed by atoms with van der Waals surface area (Å²) in [4.78, 5) is 24.0. The third-order valence-corrected chi connectivity index (χ3v) is 6.69. The molecule has 0 atom stereocenters. The summed E-state index contributed by atoms with van der Waals surface area (Å²) in [5.74, 6) is -0.301.